The van der Waals surface area contributed by atoms with E-state index in [1.165, 1.54) is 6.07 Å². The molecule has 0 heterocycles. The molecule has 0 spiro atoms. The fourth-order valence-corrected chi connectivity index (χ4v) is 1.67. The second-order valence-corrected chi connectivity index (χ2v) is 4.43. The van der Waals surface area contributed by atoms with Gasteiger partial charge in [-0.3, -0.25) is 0 Å². The molecule has 0 aliphatic rings. The molecule has 18 heavy (non-hydrogen) atoms. The summed E-state index contributed by atoms with van der Waals surface area (Å²) in [5.74, 6) is 0. The summed E-state index contributed by atoms with van der Waals surface area (Å²) in [6, 6.07) is 3.32. The van der Waals surface area contributed by atoms with Gasteiger partial charge in [0.25, 0.3) is 0 Å². The van der Waals surface area contributed by atoms with Crippen molar-refractivity contribution in [3.8, 4) is 0 Å². The summed E-state index contributed by atoms with van der Waals surface area (Å²) in [4.78, 5) is 0. The van der Waals surface area contributed by atoms with Crippen LogP contribution in [0.25, 0.3) is 0 Å². The molecule has 0 atom stereocenters. The van der Waals surface area contributed by atoms with Gasteiger partial charge in [-0.25, -0.2) is 0 Å². The lowest BCUT2D eigenvalue weighted by molar-refractivity contribution is -0.138. The minimum Gasteiger partial charge on any atom is -0.305 e. The van der Waals surface area contributed by atoms with Gasteiger partial charge in [0, 0.05) is 11.0 Å². The van der Waals surface area contributed by atoms with Crippen molar-refractivity contribution in [3.63, 3.8) is 0 Å². The molecule has 8 heteroatoms. The number of nitrogens with one attached hydrogen (secondary N) is 1. The molecule has 0 bridgehead atoms. The molecule has 0 fully saturated rings. The minimum absolute atomic E-state index is 0.217. The Hall–Kier alpha value is -0.760. The van der Waals surface area contributed by atoms with Gasteiger partial charge in [0.15, 0.2) is 0 Å². The molecule has 0 amide bonds. The van der Waals surface area contributed by atoms with Crippen molar-refractivity contribution in [2.75, 3.05) is 6.54 Å². The van der Waals surface area contributed by atoms with E-state index >= 15 is 0 Å². The maximum atomic E-state index is 12.6. The molecular formula is C10H8BrF6N. The number of hydrogen-bond acceptors (Lipinski definition) is 1. The Kier molecular flexibility index (Phi) is 4.66. The van der Waals surface area contributed by atoms with Crippen molar-refractivity contribution in [2.24, 2.45) is 0 Å². The van der Waals surface area contributed by atoms with Gasteiger partial charge in [-0.2, -0.15) is 26.3 Å². The second kappa shape index (κ2) is 5.48. The Labute approximate surface area is 107 Å². The van der Waals surface area contributed by atoms with Crippen LogP contribution >= 0.6 is 15.9 Å². The van der Waals surface area contributed by atoms with Gasteiger partial charge in [-0.1, -0.05) is 22.0 Å². The van der Waals surface area contributed by atoms with E-state index in [1.807, 2.05) is 5.32 Å². The van der Waals surface area contributed by atoms with E-state index in [2.05, 4.69) is 15.9 Å². The van der Waals surface area contributed by atoms with Gasteiger partial charge in [-0.15, -0.1) is 0 Å². The van der Waals surface area contributed by atoms with E-state index in [9.17, 15) is 26.3 Å². The lowest BCUT2D eigenvalue weighted by Crippen LogP contribution is -2.29. The summed E-state index contributed by atoms with van der Waals surface area (Å²) in [5, 5.41) is 1.93. The first kappa shape index (κ1) is 15.3. The van der Waals surface area contributed by atoms with Crippen LogP contribution in [0, 0.1) is 0 Å². The van der Waals surface area contributed by atoms with Crippen LogP contribution in [0.15, 0.2) is 22.7 Å². The van der Waals surface area contributed by atoms with Crippen LogP contribution in [-0.4, -0.2) is 12.7 Å². The van der Waals surface area contributed by atoms with Crippen LogP contribution in [-0.2, 0) is 12.7 Å². The third-order valence-corrected chi connectivity index (χ3v) is 2.51. The molecule has 1 aromatic carbocycles. The largest absolute Gasteiger partial charge is 0.416 e. The van der Waals surface area contributed by atoms with Gasteiger partial charge in [0.1, 0.15) is 0 Å². The van der Waals surface area contributed by atoms with Gasteiger partial charge in [-0.05, 0) is 17.7 Å². The zero-order chi connectivity index (χ0) is 14.0. The molecule has 102 valence electrons. The highest BCUT2D eigenvalue weighted by atomic mass is 79.9. The van der Waals surface area contributed by atoms with Crippen molar-refractivity contribution >= 4 is 15.9 Å². The summed E-state index contributed by atoms with van der Waals surface area (Å²) in [6.45, 7) is -1.83. The molecule has 0 radical (unpaired) electrons. The van der Waals surface area contributed by atoms with Gasteiger partial charge in [0.2, 0.25) is 0 Å². The highest BCUT2D eigenvalue weighted by molar-refractivity contribution is 9.10. The summed E-state index contributed by atoms with van der Waals surface area (Å²) in [6.07, 6.45) is -9.05. The maximum Gasteiger partial charge on any atom is 0.416 e. The van der Waals surface area contributed by atoms with Crippen LogP contribution in [0.2, 0.25) is 0 Å². The Morgan fingerprint density at radius 3 is 2.17 bits per heavy atom. The number of alkyl halides is 6. The first-order valence-corrected chi connectivity index (χ1v) is 5.52. The summed E-state index contributed by atoms with van der Waals surface area (Å²) in [5.41, 5.74) is -1.18. The lowest BCUT2D eigenvalue weighted by Gasteiger charge is -2.14. The third-order valence-electron chi connectivity index (χ3n) is 2.02. The van der Waals surface area contributed by atoms with Crippen LogP contribution in [0.1, 0.15) is 11.1 Å². The molecule has 1 N–H and O–H groups in total. The molecular weight excluding hydrogens is 328 g/mol. The van der Waals surface area contributed by atoms with Crippen molar-refractivity contribution < 1.29 is 26.3 Å². The van der Waals surface area contributed by atoms with Crippen LogP contribution in [0.3, 0.4) is 0 Å². The van der Waals surface area contributed by atoms with E-state index in [-0.39, 0.29) is 10.0 Å². The first-order chi connectivity index (χ1) is 8.09. The molecule has 0 aromatic heterocycles. The van der Waals surface area contributed by atoms with Gasteiger partial charge >= 0.3 is 12.4 Å². The molecule has 1 nitrogen and oxygen atoms in total. The standard InChI is InChI=1S/C10H8BrF6N/c11-7-2-1-6(4-18-5-9(12,13)14)8(3-7)10(15,16)17/h1-3,18H,4-5H2. The van der Waals surface area contributed by atoms with Crippen molar-refractivity contribution in [2.45, 2.75) is 18.9 Å². The smallest absolute Gasteiger partial charge is 0.305 e. The Morgan fingerprint density at radius 1 is 1.06 bits per heavy atom. The molecule has 0 saturated carbocycles. The van der Waals surface area contributed by atoms with Crippen LogP contribution in [0.5, 0.6) is 0 Å². The predicted molar refractivity (Wildman–Crippen MR) is 56.9 cm³/mol. The lowest BCUT2D eigenvalue weighted by atomic mass is 10.1. The second-order valence-electron chi connectivity index (χ2n) is 3.52. The van der Waals surface area contributed by atoms with E-state index in [4.69, 9.17) is 0 Å². The molecule has 1 aromatic rings. The molecule has 0 aliphatic heterocycles. The van der Waals surface area contributed by atoms with E-state index in [0.29, 0.717) is 0 Å². The quantitative estimate of drug-likeness (QED) is 0.819. The summed E-state index contributed by atoms with van der Waals surface area (Å²) >= 11 is 2.89. The van der Waals surface area contributed by atoms with Crippen LogP contribution < -0.4 is 5.32 Å². The Balaban J connectivity index is 2.83. The monoisotopic (exact) mass is 335 g/mol. The van der Waals surface area contributed by atoms with Crippen LogP contribution in [0.4, 0.5) is 26.3 Å². The maximum absolute atomic E-state index is 12.6. The molecule has 0 aliphatic carbocycles. The predicted octanol–water partition coefficient (Wildman–Crippen LogP) is 4.12. The summed E-state index contributed by atoms with van der Waals surface area (Å²) < 4.78 is 73.7. The SMILES string of the molecule is FC(F)(F)CNCc1ccc(Br)cc1C(F)(F)F. The van der Waals surface area contributed by atoms with Gasteiger partial charge < -0.3 is 5.32 Å². The number of benzene rings is 1. The van der Waals surface area contributed by atoms with Crippen molar-refractivity contribution in [1.82, 2.24) is 5.32 Å². The topological polar surface area (TPSA) is 12.0 Å². The highest BCUT2D eigenvalue weighted by Gasteiger charge is 2.33. The average Bonchev–Trinajstić information content (AvgIpc) is 2.17. The number of hydrogen-bond donors (Lipinski definition) is 1. The minimum atomic E-state index is -4.60. The van der Waals surface area contributed by atoms with E-state index < -0.39 is 31.0 Å². The van der Waals surface area contributed by atoms with Gasteiger partial charge in [0.05, 0.1) is 12.1 Å². The first-order valence-electron chi connectivity index (χ1n) is 4.73. The molecule has 0 saturated heterocycles. The zero-order valence-electron chi connectivity index (χ0n) is 8.79. The molecule has 1 rings (SSSR count). The normalized spacial score (nSPS) is 12.8. The Bertz CT molecular complexity index is 412. The zero-order valence-corrected chi connectivity index (χ0v) is 10.4. The fourth-order valence-electron chi connectivity index (χ4n) is 1.31. The van der Waals surface area contributed by atoms with E-state index in [0.717, 1.165) is 12.1 Å². The van der Waals surface area contributed by atoms with E-state index in [1.54, 1.807) is 0 Å². The van der Waals surface area contributed by atoms with Crippen molar-refractivity contribution in [3.05, 3.63) is 33.8 Å². The van der Waals surface area contributed by atoms with Crippen molar-refractivity contribution in [1.29, 1.82) is 0 Å². The average molecular weight is 336 g/mol. The highest BCUT2D eigenvalue weighted by Crippen LogP contribution is 2.33. The number of halogens is 7. The summed E-state index contributed by atoms with van der Waals surface area (Å²) in [7, 11) is 0. The Morgan fingerprint density at radius 2 is 1.67 bits per heavy atom. The third kappa shape index (κ3) is 4.85. The molecule has 0 unspecified atom stereocenters. The number of rotatable bonds is 3. The fraction of sp³-hybridized carbons (Fsp3) is 0.400.